The van der Waals surface area contributed by atoms with E-state index in [9.17, 15) is 14.9 Å². The van der Waals surface area contributed by atoms with Gasteiger partial charge >= 0.3 is 0 Å². The van der Waals surface area contributed by atoms with E-state index in [4.69, 9.17) is 17.0 Å². The van der Waals surface area contributed by atoms with Gasteiger partial charge in [0, 0.05) is 17.7 Å². The second-order valence-corrected chi connectivity index (χ2v) is 9.48. The summed E-state index contributed by atoms with van der Waals surface area (Å²) in [6.45, 7) is 0.379. The third-order valence-electron chi connectivity index (χ3n) is 5.51. The van der Waals surface area contributed by atoms with Crippen LogP contribution in [-0.2, 0) is 11.4 Å². The number of thioether (sulfide) groups is 1. The predicted octanol–water partition coefficient (Wildman–Crippen LogP) is 6.73. The summed E-state index contributed by atoms with van der Waals surface area (Å²) in [6, 6.07) is 27.7. The topological polar surface area (TPSA) is 72.7 Å². The summed E-state index contributed by atoms with van der Waals surface area (Å²) in [5, 5.41) is 13.5. The van der Waals surface area contributed by atoms with Crippen LogP contribution in [0.15, 0.2) is 95.9 Å². The molecule has 8 heteroatoms. The van der Waals surface area contributed by atoms with Crippen molar-refractivity contribution in [1.29, 1.82) is 0 Å². The number of nitrogens with zero attached hydrogens (tertiary/aromatic N) is 2. The number of para-hydroxylation sites is 1. The molecular formula is C27H18N2O4S2. The van der Waals surface area contributed by atoms with E-state index in [1.54, 1.807) is 12.1 Å². The van der Waals surface area contributed by atoms with E-state index in [-0.39, 0.29) is 11.6 Å². The van der Waals surface area contributed by atoms with E-state index in [0.29, 0.717) is 27.3 Å². The van der Waals surface area contributed by atoms with E-state index >= 15 is 0 Å². The van der Waals surface area contributed by atoms with Crippen LogP contribution in [-0.4, -0.2) is 15.2 Å². The number of fused-ring (bicyclic) bond motifs is 1. The van der Waals surface area contributed by atoms with Gasteiger partial charge < -0.3 is 4.74 Å². The molecule has 0 aliphatic carbocycles. The lowest BCUT2D eigenvalue weighted by Gasteiger charge is -2.14. The lowest BCUT2D eigenvalue weighted by molar-refractivity contribution is -0.384. The number of amides is 1. The molecule has 0 atom stereocenters. The molecule has 0 radical (unpaired) electrons. The minimum Gasteiger partial charge on any atom is -0.488 e. The highest BCUT2D eigenvalue weighted by Gasteiger charge is 2.34. The van der Waals surface area contributed by atoms with E-state index in [1.807, 2.05) is 42.5 Å². The summed E-state index contributed by atoms with van der Waals surface area (Å²) in [5.74, 6) is 0.311. The van der Waals surface area contributed by atoms with Gasteiger partial charge in [-0.1, -0.05) is 84.6 Å². The molecule has 6 nitrogen and oxygen atoms in total. The van der Waals surface area contributed by atoms with Gasteiger partial charge in [-0.15, -0.1) is 0 Å². The predicted molar refractivity (Wildman–Crippen MR) is 143 cm³/mol. The van der Waals surface area contributed by atoms with Gasteiger partial charge in [0.2, 0.25) is 0 Å². The minimum atomic E-state index is -0.500. The number of hydrogen-bond acceptors (Lipinski definition) is 6. The molecule has 1 amide bonds. The van der Waals surface area contributed by atoms with Gasteiger partial charge in [-0.2, -0.15) is 0 Å². The Morgan fingerprint density at radius 3 is 2.54 bits per heavy atom. The molecule has 0 saturated carbocycles. The quantitative estimate of drug-likeness (QED) is 0.127. The van der Waals surface area contributed by atoms with Gasteiger partial charge in [-0.3, -0.25) is 19.8 Å². The number of thiocarbonyl (C=S) groups is 1. The van der Waals surface area contributed by atoms with Crippen LogP contribution in [0.3, 0.4) is 0 Å². The zero-order valence-electron chi connectivity index (χ0n) is 18.3. The molecule has 1 heterocycles. The van der Waals surface area contributed by atoms with E-state index < -0.39 is 4.92 Å². The molecule has 172 valence electrons. The van der Waals surface area contributed by atoms with Crippen LogP contribution >= 0.6 is 24.0 Å². The molecule has 1 fully saturated rings. The van der Waals surface area contributed by atoms with Crippen molar-refractivity contribution in [2.75, 3.05) is 4.90 Å². The Morgan fingerprint density at radius 2 is 1.71 bits per heavy atom. The van der Waals surface area contributed by atoms with Crippen molar-refractivity contribution in [1.82, 2.24) is 0 Å². The number of hydrogen-bond donors (Lipinski definition) is 0. The molecule has 0 spiro atoms. The van der Waals surface area contributed by atoms with E-state index in [0.717, 1.165) is 28.3 Å². The fraction of sp³-hybridized carbons (Fsp3) is 0.0370. The number of nitro groups is 1. The fourth-order valence-corrected chi connectivity index (χ4v) is 5.09. The van der Waals surface area contributed by atoms with Crippen LogP contribution in [0.2, 0.25) is 0 Å². The second kappa shape index (κ2) is 9.69. The summed E-state index contributed by atoms with van der Waals surface area (Å²) in [5.41, 5.74) is 2.04. The number of rotatable bonds is 6. The number of anilines is 1. The van der Waals surface area contributed by atoms with Gasteiger partial charge in [0.05, 0.1) is 15.5 Å². The molecule has 4 aromatic rings. The molecule has 0 bridgehead atoms. The maximum absolute atomic E-state index is 13.2. The molecule has 0 aromatic heterocycles. The number of non-ortho nitro benzene ring substituents is 1. The van der Waals surface area contributed by atoms with Crippen molar-refractivity contribution in [3.05, 3.63) is 117 Å². The zero-order chi connectivity index (χ0) is 24.4. The summed E-state index contributed by atoms with van der Waals surface area (Å²) in [4.78, 5) is 25.5. The SMILES string of the molecule is O=C1/C(=C\c2ccccc2OCc2ccc3ccccc3c2)SC(=S)N1c1cccc([N+](=O)[O-])c1. The molecule has 5 rings (SSSR count). The summed E-state index contributed by atoms with van der Waals surface area (Å²) in [6.07, 6.45) is 1.74. The van der Waals surface area contributed by atoms with Gasteiger partial charge in [-0.25, -0.2) is 0 Å². The highest BCUT2D eigenvalue weighted by atomic mass is 32.2. The zero-order valence-corrected chi connectivity index (χ0v) is 19.9. The molecule has 1 saturated heterocycles. The lowest BCUT2D eigenvalue weighted by atomic mass is 10.1. The Bertz CT molecular complexity index is 1520. The number of carbonyl (C=O) groups excluding carboxylic acids is 1. The van der Waals surface area contributed by atoms with Crippen molar-refractivity contribution in [2.24, 2.45) is 0 Å². The Labute approximate surface area is 211 Å². The number of nitro benzene ring substituents is 1. The van der Waals surface area contributed by atoms with Crippen LogP contribution in [0, 0.1) is 10.1 Å². The summed E-state index contributed by atoms with van der Waals surface area (Å²) in [7, 11) is 0. The Morgan fingerprint density at radius 1 is 0.943 bits per heavy atom. The van der Waals surface area contributed by atoms with Crippen molar-refractivity contribution < 1.29 is 14.5 Å². The fourth-order valence-electron chi connectivity index (χ4n) is 3.80. The molecule has 0 unspecified atom stereocenters. The van der Waals surface area contributed by atoms with Gasteiger partial charge in [0.15, 0.2) is 4.32 Å². The highest BCUT2D eigenvalue weighted by Crippen LogP contribution is 2.38. The van der Waals surface area contributed by atoms with Crippen LogP contribution in [0.5, 0.6) is 5.75 Å². The molecule has 0 N–H and O–H groups in total. The monoisotopic (exact) mass is 498 g/mol. The lowest BCUT2D eigenvalue weighted by Crippen LogP contribution is -2.27. The molecule has 35 heavy (non-hydrogen) atoms. The Hall–Kier alpha value is -4.01. The van der Waals surface area contributed by atoms with Crippen molar-refractivity contribution in [3.63, 3.8) is 0 Å². The van der Waals surface area contributed by atoms with Crippen molar-refractivity contribution >= 4 is 62.4 Å². The first-order valence-corrected chi connectivity index (χ1v) is 11.9. The highest BCUT2D eigenvalue weighted by molar-refractivity contribution is 8.27. The largest absolute Gasteiger partial charge is 0.488 e. The maximum atomic E-state index is 13.2. The number of benzene rings is 4. The Kier molecular flexibility index (Phi) is 6.31. The number of ether oxygens (including phenoxy) is 1. The van der Waals surface area contributed by atoms with Crippen LogP contribution in [0.4, 0.5) is 11.4 Å². The van der Waals surface area contributed by atoms with Gasteiger partial charge in [0.1, 0.15) is 12.4 Å². The van der Waals surface area contributed by atoms with Crippen LogP contribution in [0.1, 0.15) is 11.1 Å². The molecular weight excluding hydrogens is 480 g/mol. The van der Waals surface area contributed by atoms with E-state index in [1.165, 1.54) is 28.5 Å². The third kappa shape index (κ3) is 4.80. The summed E-state index contributed by atoms with van der Waals surface area (Å²) < 4.78 is 6.43. The van der Waals surface area contributed by atoms with Crippen molar-refractivity contribution in [3.8, 4) is 5.75 Å². The average Bonchev–Trinajstić information content (AvgIpc) is 3.15. The second-order valence-electron chi connectivity index (χ2n) is 7.80. The smallest absolute Gasteiger partial charge is 0.271 e. The maximum Gasteiger partial charge on any atom is 0.271 e. The normalized spacial score (nSPS) is 14.6. The number of carbonyl (C=O) groups is 1. The minimum absolute atomic E-state index is 0.104. The van der Waals surface area contributed by atoms with Gasteiger partial charge in [0.25, 0.3) is 11.6 Å². The first kappa shape index (κ1) is 22.8. The third-order valence-corrected chi connectivity index (χ3v) is 6.81. The molecule has 4 aromatic carbocycles. The van der Waals surface area contributed by atoms with Crippen molar-refractivity contribution in [2.45, 2.75) is 6.61 Å². The first-order chi connectivity index (χ1) is 17.0. The molecule has 1 aliphatic heterocycles. The Balaban J connectivity index is 1.38. The van der Waals surface area contributed by atoms with E-state index in [2.05, 4.69) is 24.3 Å². The van der Waals surface area contributed by atoms with Gasteiger partial charge in [-0.05, 0) is 40.6 Å². The first-order valence-electron chi connectivity index (χ1n) is 10.7. The summed E-state index contributed by atoms with van der Waals surface area (Å²) >= 11 is 6.57. The van der Waals surface area contributed by atoms with Crippen LogP contribution in [0.25, 0.3) is 16.8 Å². The molecule has 1 aliphatic rings. The average molecular weight is 499 g/mol. The van der Waals surface area contributed by atoms with Crippen LogP contribution < -0.4 is 9.64 Å². The standard InChI is InChI=1S/C27H18N2O4S2/c30-26-25(35-27(34)28(26)22-9-5-10-23(16-22)29(31)32)15-21-8-3-4-11-24(21)33-17-18-12-13-19-6-1-2-7-20(19)14-18/h1-16H,17H2/b25-15+.